The number of amides is 2. The van der Waals surface area contributed by atoms with Crippen LogP contribution in [0.5, 0.6) is 0 Å². The molecule has 0 aromatic rings. The lowest BCUT2D eigenvalue weighted by Crippen LogP contribution is -2.53. The molecule has 0 aromatic heterocycles. The Bertz CT molecular complexity index is 167. The van der Waals surface area contributed by atoms with Gasteiger partial charge in [0.15, 0.2) is 0 Å². The number of likely N-dealkylation sites (tertiary alicyclic amines) is 1. The molecule has 1 atom stereocenters. The molecule has 0 bridgehead atoms. The lowest BCUT2D eigenvalue weighted by molar-refractivity contribution is 0.126. The monoisotopic (exact) mass is 154 g/mol. The van der Waals surface area contributed by atoms with Gasteiger partial charge in [-0.05, 0) is 13.3 Å². The fraction of sp³-hybridized carbons (Fsp3) is 0.625. The van der Waals surface area contributed by atoms with Crippen LogP contribution in [0.15, 0.2) is 12.7 Å². The van der Waals surface area contributed by atoms with E-state index in [1.54, 1.807) is 6.08 Å². The molecule has 11 heavy (non-hydrogen) atoms. The SMILES string of the molecule is C=CCNC(=O)N1CCC1C. The van der Waals surface area contributed by atoms with Crippen LogP contribution in [0.2, 0.25) is 0 Å². The molecule has 0 saturated carbocycles. The number of nitrogens with zero attached hydrogens (tertiary/aromatic N) is 1. The van der Waals surface area contributed by atoms with E-state index < -0.39 is 0 Å². The summed E-state index contributed by atoms with van der Waals surface area (Å²) in [6.07, 6.45) is 2.81. The van der Waals surface area contributed by atoms with Crippen LogP contribution in [0.1, 0.15) is 13.3 Å². The Balaban J connectivity index is 2.24. The summed E-state index contributed by atoms with van der Waals surface area (Å²) in [5, 5.41) is 2.73. The first kappa shape index (κ1) is 8.11. The lowest BCUT2D eigenvalue weighted by atomic mass is 10.1. The second-order valence-corrected chi connectivity index (χ2v) is 2.81. The van der Waals surface area contributed by atoms with Crippen molar-refractivity contribution in [1.29, 1.82) is 0 Å². The third kappa shape index (κ3) is 1.73. The highest BCUT2D eigenvalue weighted by Gasteiger charge is 2.27. The molecule has 1 N–H and O–H groups in total. The maximum atomic E-state index is 11.2. The first-order valence-electron chi connectivity index (χ1n) is 3.91. The molecule has 1 heterocycles. The van der Waals surface area contributed by atoms with E-state index in [1.165, 1.54) is 0 Å². The highest BCUT2D eigenvalue weighted by Crippen LogP contribution is 2.15. The van der Waals surface area contributed by atoms with Crippen LogP contribution in [0.4, 0.5) is 4.79 Å². The quantitative estimate of drug-likeness (QED) is 0.591. The van der Waals surface area contributed by atoms with Gasteiger partial charge in [-0.15, -0.1) is 6.58 Å². The Morgan fingerprint density at radius 2 is 2.64 bits per heavy atom. The maximum Gasteiger partial charge on any atom is 0.317 e. The van der Waals surface area contributed by atoms with Crippen LogP contribution in [-0.2, 0) is 0 Å². The van der Waals surface area contributed by atoms with Gasteiger partial charge in [-0.25, -0.2) is 4.79 Å². The molecule has 0 aliphatic carbocycles. The molecule has 1 fully saturated rings. The molecule has 1 saturated heterocycles. The molecule has 0 radical (unpaired) electrons. The summed E-state index contributed by atoms with van der Waals surface area (Å²) in [5.41, 5.74) is 0. The third-order valence-corrected chi connectivity index (χ3v) is 1.98. The fourth-order valence-electron chi connectivity index (χ4n) is 1.08. The van der Waals surface area contributed by atoms with Gasteiger partial charge in [0.25, 0.3) is 0 Å². The van der Waals surface area contributed by atoms with Gasteiger partial charge in [-0.2, -0.15) is 0 Å². The number of urea groups is 1. The highest BCUT2D eigenvalue weighted by molar-refractivity contribution is 5.75. The third-order valence-electron chi connectivity index (χ3n) is 1.98. The van der Waals surface area contributed by atoms with E-state index in [-0.39, 0.29) is 6.03 Å². The van der Waals surface area contributed by atoms with Crippen molar-refractivity contribution < 1.29 is 4.79 Å². The molecule has 62 valence electrons. The van der Waals surface area contributed by atoms with Crippen molar-refractivity contribution in [1.82, 2.24) is 10.2 Å². The maximum absolute atomic E-state index is 11.2. The Kier molecular flexibility index (Phi) is 2.52. The zero-order chi connectivity index (χ0) is 8.27. The molecule has 0 spiro atoms. The highest BCUT2D eigenvalue weighted by atomic mass is 16.2. The van der Waals surface area contributed by atoms with Crippen LogP contribution in [0.3, 0.4) is 0 Å². The van der Waals surface area contributed by atoms with E-state index in [0.717, 1.165) is 13.0 Å². The number of carbonyl (C=O) groups is 1. The standard InChI is InChI=1S/C8H14N2O/c1-3-5-9-8(11)10-6-4-7(10)2/h3,7H,1,4-6H2,2H3,(H,9,11). The van der Waals surface area contributed by atoms with Crippen molar-refractivity contribution in [2.75, 3.05) is 13.1 Å². The van der Waals surface area contributed by atoms with Crippen molar-refractivity contribution in [2.45, 2.75) is 19.4 Å². The van der Waals surface area contributed by atoms with Crippen LogP contribution in [-0.4, -0.2) is 30.1 Å². The topological polar surface area (TPSA) is 32.3 Å². The van der Waals surface area contributed by atoms with Gasteiger partial charge in [-0.1, -0.05) is 6.08 Å². The zero-order valence-corrected chi connectivity index (χ0v) is 6.84. The van der Waals surface area contributed by atoms with Crippen molar-refractivity contribution in [3.63, 3.8) is 0 Å². The number of nitrogens with one attached hydrogen (secondary N) is 1. The lowest BCUT2D eigenvalue weighted by Gasteiger charge is -2.38. The van der Waals surface area contributed by atoms with E-state index >= 15 is 0 Å². The van der Waals surface area contributed by atoms with E-state index in [4.69, 9.17) is 0 Å². The summed E-state index contributed by atoms with van der Waals surface area (Å²) in [5.74, 6) is 0. The Morgan fingerprint density at radius 1 is 1.91 bits per heavy atom. The van der Waals surface area contributed by atoms with Crippen molar-refractivity contribution in [3.8, 4) is 0 Å². The van der Waals surface area contributed by atoms with Crippen molar-refractivity contribution >= 4 is 6.03 Å². The minimum absolute atomic E-state index is 0.0312. The van der Waals surface area contributed by atoms with E-state index in [9.17, 15) is 4.79 Å². The fourth-order valence-corrected chi connectivity index (χ4v) is 1.08. The molecule has 3 nitrogen and oxygen atoms in total. The predicted octanol–water partition coefficient (Wildman–Crippen LogP) is 0.976. The summed E-state index contributed by atoms with van der Waals surface area (Å²) in [6.45, 7) is 7.02. The van der Waals surface area contributed by atoms with Gasteiger partial charge in [0.05, 0.1) is 0 Å². The van der Waals surface area contributed by atoms with E-state index in [1.807, 2.05) is 4.90 Å². The number of rotatable bonds is 2. The largest absolute Gasteiger partial charge is 0.335 e. The summed E-state index contributed by atoms with van der Waals surface area (Å²) in [4.78, 5) is 13.0. The van der Waals surface area contributed by atoms with Crippen molar-refractivity contribution in [2.24, 2.45) is 0 Å². The Morgan fingerprint density at radius 3 is 3.00 bits per heavy atom. The molecule has 0 aromatic carbocycles. The average Bonchev–Trinajstić information content (AvgIpc) is 1.98. The van der Waals surface area contributed by atoms with Crippen LogP contribution >= 0.6 is 0 Å². The number of carbonyl (C=O) groups excluding carboxylic acids is 1. The smallest absolute Gasteiger partial charge is 0.317 e. The molecule has 1 rings (SSSR count). The first-order valence-corrected chi connectivity index (χ1v) is 3.91. The first-order chi connectivity index (χ1) is 5.25. The number of hydrogen-bond donors (Lipinski definition) is 1. The molecule has 1 aliphatic heterocycles. The summed E-state index contributed by atoms with van der Waals surface area (Å²) in [7, 11) is 0. The van der Waals surface area contributed by atoms with Crippen LogP contribution < -0.4 is 5.32 Å². The molecular formula is C8H14N2O. The Hall–Kier alpha value is -0.990. The van der Waals surface area contributed by atoms with Crippen LogP contribution in [0.25, 0.3) is 0 Å². The summed E-state index contributed by atoms with van der Waals surface area (Å²) in [6, 6.07) is 0.448. The normalized spacial score (nSPS) is 22.3. The minimum Gasteiger partial charge on any atom is -0.335 e. The van der Waals surface area contributed by atoms with Gasteiger partial charge in [0, 0.05) is 19.1 Å². The van der Waals surface area contributed by atoms with Crippen molar-refractivity contribution in [3.05, 3.63) is 12.7 Å². The Labute approximate surface area is 67.1 Å². The van der Waals surface area contributed by atoms with E-state index in [2.05, 4.69) is 18.8 Å². The second kappa shape index (κ2) is 3.42. The average molecular weight is 154 g/mol. The summed E-state index contributed by atoms with van der Waals surface area (Å²) < 4.78 is 0. The molecule has 3 heteroatoms. The predicted molar refractivity (Wildman–Crippen MR) is 44.4 cm³/mol. The van der Waals surface area contributed by atoms with Gasteiger partial charge in [-0.3, -0.25) is 0 Å². The summed E-state index contributed by atoms with van der Waals surface area (Å²) >= 11 is 0. The van der Waals surface area contributed by atoms with Gasteiger partial charge in [0.1, 0.15) is 0 Å². The zero-order valence-electron chi connectivity index (χ0n) is 6.84. The minimum atomic E-state index is 0.0312. The molecule has 1 unspecified atom stereocenters. The van der Waals surface area contributed by atoms with Gasteiger partial charge in [0.2, 0.25) is 0 Å². The number of hydrogen-bond acceptors (Lipinski definition) is 1. The molecule has 1 aliphatic rings. The second-order valence-electron chi connectivity index (χ2n) is 2.81. The van der Waals surface area contributed by atoms with E-state index in [0.29, 0.717) is 12.6 Å². The van der Waals surface area contributed by atoms with Gasteiger partial charge >= 0.3 is 6.03 Å². The molecular weight excluding hydrogens is 140 g/mol. The van der Waals surface area contributed by atoms with Gasteiger partial charge < -0.3 is 10.2 Å². The molecule has 2 amide bonds. The van der Waals surface area contributed by atoms with Crippen LogP contribution in [0, 0.1) is 0 Å².